The average molecular weight is 451 g/mol. The van der Waals surface area contributed by atoms with Gasteiger partial charge in [-0.15, -0.1) is 24.8 Å². The molecule has 0 aliphatic carbocycles. The highest BCUT2D eigenvalue weighted by Gasteiger charge is 2.32. The largest absolute Gasteiger partial charge is 0.335 e. The summed E-state index contributed by atoms with van der Waals surface area (Å²) in [4.78, 5) is 11.9. The quantitative estimate of drug-likeness (QED) is 0.665. The number of nitrogens with one attached hydrogen (secondary N) is 1. The molecule has 3 heterocycles. The van der Waals surface area contributed by atoms with E-state index in [1.54, 1.807) is 23.5 Å². The van der Waals surface area contributed by atoms with Crippen molar-refractivity contribution in [1.29, 1.82) is 0 Å². The van der Waals surface area contributed by atoms with Crippen molar-refractivity contribution in [2.75, 3.05) is 17.6 Å². The highest BCUT2D eigenvalue weighted by Crippen LogP contribution is 2.38. The van der Waals surface area contributed by atoms with E-state index >= 15 is 0 Å². The van der Waals surface area contributed by atoms with Gasteiger partial charge in [0.15, 0.2) is 10.3 Å². The summed E-state index contributed by atoms with van der Waals surface area (Å²) < 4.78 is 0. The SMILES string of the molecule is C1=C(CSC2=NCc3ccccc3N2)N2CC(c3ccccc3)N=C2S1.Cl.Cl. The van der Waals surface area contributed by atoms with Crippen molar-refractivity contribution < 1.29 is 0 Å². The molecule has 146 valence electrons. The molecule has 1 atom stereocenters. The maximum absolute atomic E-state index is 4.89. The van der Waals surface area contributed by atoms with E-state index in [0.29, 0.717) is 0 Å². The number of fused-ring (bicyclic) bond motifs is 2. The van der Waals surface area contributed by atoms with E-state index < -0.39 is 0 Å². The van der Waals surface area contributed by atoms with Crippen molar-refractivity contribution in [3.63, 3.8) is 0 Å². The molecule has 2 aromatic carbocycles. The molecule has 0 bridgehead atoms. The summed E-state index contributed by atoms with van der Waals surface area (Å²) in [5, 5.41) is 7.79. The zero-order valence-electron chi connectivity index (χ0n) is 14.9. The number of amidine groups is 2. The predicted octanol–water partition coefficient (Wildman–Crippen LogP) is 5.55. The minimum absolute atomic E-state index is 0. The molecule has 0 aromatic heterocycles. The Kier molecular flexibility index (Phi) is 6.99. The van der Waals surface area contributed by atoms with E-state index in [4.69, 9.17) is 4.99 Å². The van der Waals surface area contributed by atoms with Gasteiger partial charge in [-0.1, -0.05) is 72.1 Å². The molecule has 0 amide bonds. The Morgan fingerprint density at radius 1 is 1.07 bits per heavy atom. The Hall–Kier alpha value is -1.60. The number of hydrogen-bond acceptors (Lipinski definition) is 6. The number of thioether (sulfide) groups is 2. The highest BCUT2D eigenvalue weighted by atomic mass is 35.5. The molecule has 1 unspecified atom stereocenters. The van der Waals surface area contributed by atoms with Crippen LogP contribution in [0, 0.1) is 0 Å². The molecule has 0 radical (unpaired) electrons. The van der Waals surface area contributed by atoms with Crippen LogP contribution in [0.4, 0.5) is 5.69 Å². The lowest BCUT2D eigenvalue weighted by molar-refractivity contribution is 0.525. The Labute approximate surface area is 185 Å². The van der Waals surface area contributed by atoms with E-state index in [0.717, 1.165) is 29.2 Å². The van der Waals surface area contributed by atoms with E-state index in [2.05, 4.69) is 75.2 Å². The molecule has 28 heavy (non-hydrogen) atoms. The van der Waals surface area contributed by atoms with Crippen molar-refractivity contribution in [2.24, 2.45) is 9.98 Å². The van der Waals surface area contributed by atoms with Gasteiger partial charge in [-0.25, -0.2) is 0 Å². The standard InChI is InChI=1S/C20H18N4S2.2ClH/c1-2-6-14(7-3-1)18-11-24-16(13-26-20(24)23-18)12-25-19-21-10-15-8-4-5-9-17(15)22-19;;/h1-9,13,18H,10-12H2,(H,21,22);2*1H. The fraction of sp³-hybridized carbons (Fsp3) is 0.200. The van der Waals surface area contributed by atoms with Crippen molar-refractivity contribution >= 4 is 64.4 Å². The summed E-state index contributed by atoms with van der Waals surface area (Å²) in [5.74, 6) is 0.904. The minimum Gasteiger partial charge on any atom is -0.335 e. The van der Waals surface area contributed by atoms with Crippen molar-refractivity contribution in [2.45, 2.75) is 12.6 Å². The molecule has 3 aliphatic heterocycles. The Balaban J connectivity index is 0.00000112. The third-order valence-corrected chi connectivity index (χ3v) is 6.56. The van der Waals surface area contributed by atoms with Crippen molar-refractivity contribution in [3.8, 4) is 0 Å². The number of anilines is 1. The van der Waals surface area contributed by atoms with Gasteiger partial charge in [-0.05, 0) is 22.6 Å². The molecule has 0 saturated carbocycles. The first-order chi connectivity index (χ1) is 12.9. The Morgan fingerprint density at radius 3 is 2.71 bits per heavy atom. The van der Waals surface area contributed by atoms with Crippen LogP contribution >= 0.6 is 48.3 Å². The lowest BCUT2D eigenvalue weighted by Gasteiger charge is -2.20. The zero-order valence-corrected chi connectivity index (χ0v) is 18.2. The smallest absolute Gasteiger partial charge is 0.168 e. The van der Waals surface area contributed by atoms with Gasteiger partial charge in [0.05, 0.1) is 19.1 Å². The molecule has 0 spiro atoms. The molecule has 3 aliphatic rings. The molecule has 0 fully saturated rings. The summed E-state index contributed by atoms with van der Waals surface area (Å²) >= 11 is 3.50. The van der Waals surface area contributed by atoms with E-state index in [9.17, 15) is 0 Å². The van der Waals surface area contributed by atoms with Crippen LogP contribution in [0.1, 0.15) is 17.2 Å². The van der Waals surface area contributed by atoms with Gasteiger partial charge >= 0.3 is 0 Å². The second-order valence-corrected chi connectivity index (χ2v) is 8.17. The first-order valence-electron chi connectivity index (χ1n) is 8.65. The molecular weight excluding hydrogens is 431 g/mol. The van der Waals surface area contributed by atoms with Crippen LogP contribution in [0.5, 0.6) is 0 Å². The summed E-state index contributed by atoms with van der Waals surface area (Å²) in [7, 11) is 0. The number of nitrogens with zero attached hydrogens (tertiary/aromatic N) is 3. The molecule has 8 heteroatoms. The van der Waals surface area contributed by atoms with E-state index in [1.165, 1.54) is 22.5 Å². The molecule has 1 N–H and O–H groups in total. The summed E-state index contributed by atoms with van der Waals surface area (Å²) in [6.07, 6.45) is 0. The van der Waals surface area contributed by atoms with Gasteiger partial charge in [0.1, 0.15) is 0 Å². The first-order valence-corrected chi connectivity index (χ1v) is 10.5. The minimum atomic E-state index is 0. The van der Waals surface area contributed by atoms with E-state index in [-0.39, 0.29) is 30.9 Å². The van der Waals surface area contributed by atoms with Gasteiger partial charge in [-0.3, -0.25) is 9.98 Å². The van der Waals surface area contributed by atoms with Crippen molar-refractivity contribution in [3.05, 3.63) is 76.8 Å². The van der Waals surface area contributed by atoms with Crippen molar-refractivity contribution in [1.82, 2.24) is 4.90 Å². The maximum atomic E-state index is 4.89. The number of hydrogen-bond donors (Lipinski definition) is 1. The van der Waals surface area contributed by atoms with Gasteiger partial charge < -0.3 is 10.2 Å². The number of rotatable bonds is 3. The lowest BCUT2D eigenvalue weighted by atomic mass is 10.1. The normalized spacial score (nSPS) is 19.2. The van der Waals surface area contributed by atoms with Crippen LogP contribution in [0.15, 0.2) is 75.7 Å². The molecule has 0 saturated heterocycles. The molecule has 5 rings (SSSR count). The second kappa shape index (κ2) is 9.27. The van der Waals surface area contributed by atoms with Crippen LogP contribution in [0.3, 0.4) is 0 Å². The monoisotopic (exact) mass is 450 g/mol. The molecular formula is C20H20Cl2N4S2. The van der Waals surface area contributed by atoms with Gasteiger partial charge in [0, 0.05) is 17.1 Å². The fourth-order valence-electron chi connectivity index (χ4n) is 3.30. The number of para-hydroxylation sites is 1. The van der Waals surface area contributed by atoms with Crippen LogP contribution < -0.4 is 5.32 Å². The number of aliphatic imine (C=N–C) groups is 2. The Morgan fingerprint density at radius 2 is 1.86 bits per heavy atom. The summed E-state index contributed by atoms with van der Waals surface area (Å²) in [5.41, 5.74) is 5.04. The van der Waals surface area contributed by atoms with Crippen LogP contribution in [-0.2, 0) is 6.54 Å². The average Bonchev–Trinajstić information content (AvgIpc) is 3.28. The topological polar surface area (TPSA) is 40.0 Å². The van der Waals surface area contributed by atoms with Crippen LogP contribution in [-0.4, -0.2) is 27.5 Å². The Bertz CT molecular complexity index is 931. The predicted molar refractivity (Wildman–Crippen MR) is 127 cm³/mol. The third-order valence-electron chi connectivity index (χ3n) is 4.69. The van der Waals surface area contributed by atoms with Gasteiger partial charge in [-0.2, -0.15) is 0 Å². The second-order valence-electron chi connectivity index (χ2n) is 6.37. The van der Waals surface area contributed by atoms with Gasteiger partial charge in [0.2, 0.25) is 0 Å². The van der Waals surface area contributed by atoms with Gasteiger partial charge in [0.25, 0.3) is 0 Å². The number of benzene rings is 2. The third kappa shape index (κ3) is 4.20. The van der Waals surface area contributed by atoms with Crippen LogP contribution in [0.25, 0.3) is 0 Å². The number of halogens is 2. The zero-order chi connectivity index (χ0) is 17.3. The molecule has 2 aromatic rings. The maximum Gasteiger partial charge on any atom is 0.168 e. The lowest BCUT2D eigenvalue weighted by Crippen LogP contribution is -2.24. The summed E-state index contributed by atoms with van der Waals surface area (Å²) in [6.45, 7) is 1.69. The fourth-order valence-corrected chi connectivity index (χ4v) is 5.22. The first kappa shape index (κ1) is 21.1. The molecule has 4 nitrogen and oxygen atoms in total. The summed E-state index contributed by atoms with van der Waals surface area (Å²) in [6, 6.07) is 19.2. The van der Waals surface area contributed by atoms with Crippen LogP contribution in [0.2, 0.25) is 0 Å². The van der Waals surface area contributed by atoms with E-state index in [1.807, 2.05) is 0 Å². The highest BCUT2D eigenvalue weighted by molar-refractivity contribution is 8.17.